The second-order valence-electron chi connectivity index (χ2n) is 13.5. The van der Waals surface area contributed by atoms with Crippen LogP contribution in [0.5, 0.6) is 0 Å². The molecule has 0 aromatic carbocycles. The van der Waals surface area contributed by atoms with E-state index < -0.39 is 0 Å². The van der Waals surface area contributed by atoms with Gasteiger partial charge in [-0.05, 0) is 91.8 Å². The predicted octanol–water partition coefficient (Wildman–Crippen LogP) is 26.3. The molecule has 0 amide bonds. The molecule has 0 aliphatic heterocycles. The van der Waals surface area contributed by atoms with E-state index in [0.29, 0.717) is 0 Å². The minimum atomic E-state index is 0. The van der Waals surface area contributed by atoms with Gasteiger partial charge in [-0.1, -0.05) is 287 Å². The van der Waals surface area contributed by atoms with Crippen LogP contribution in [0.15, 0.2) is 0 Å². The minimum absolute atomic E-state index is 0. The SMILES string of the molecule is C.C.C.C.C.C.C.C.C.C.C.C.C.C.C.C.C.C.C.C.C.C.CCC(C)CC(C)CC(C)C.CCC(C)CC(C)CC(C)C.CCC(C)CC(C)CC(C)C. The lowest BCUT2D eigenvalue weighted by Gasteiger charge is -2.17. The molecule has 6 unspecified atom stereocenters. The Bertz CT molecular complexity index is 309. The van der Waals surface area contributed by atoms with E-state index in [1.54, 1.807) is 0 Å². The van der Waals surface area contributed by atoms with Gasteiger partial charge in [-0.25, -0.2) is 0 Å². The predicted molar refractivity (Wildman–Crippen MR) is 306 cm³/mol. The second kappa shape index (κ2) is 117. The summed E-state index contributed by atoms with van der Waals surface area (Å²) < 4.78 is 0. The zero-order valence-corrected chi connectivity index (χ0v) is 26.6. The van der Waals surface area contributed by atoms with Crippen LogP contribution in [0.3, 0.4) is 0 Å². The number of rotatable bonds is 15. The third-order valence-electron chi connectivity index (χ3n) is 7.13. The van der Waals surface area contributed by atoms with Gasteiger partial charge in [-0.3, -0.25) is 0 Å². The van der Waals surface area contributed by atoms with E-state index in [4.69, 9.17) is 0 Å². The first-order valence-corrected chi connectivity index (χ1v) is 15.2. The molecule has 0 saturated carbocycles. The van der Waals surface area contributed by atoms with E-state index in [1.807, 2.05) is 0 Å². The highest BCUT2D eigenvalue weighted by Gasteiger charge is 2.10. The maximum absolute atomic E-state index is 2.38. The van der Waals surface area contributed by atoms with Crippen molar-refractivity contribution in [3.63, 3.8) is 0 Å². The summed E-state index contributed by atoms with van der Waals surface area (Å²) >= 11 is 0. The van der Waals surface area contributed by atoms with Crippen LogP contribution in [0.4, 0.5) is 0 Å². The molecule has 0 radical (unpaired) electrons. The van der Waals surface area contributed by atoms with Gasteiger partial charge in [-0.15, -0.1) is 0 Å². The average Bonchev–Trinajstić information content (AvgIpc) is 2.66. The molecule has 0 nitrogen and oxygen atoms in total. The van der Waals surface area contributed by atoms with Gasteiger partial charge < -0.3 is 0 Å². The number of hydrogen-bond donors (Lipinski definition) is 0. The van der Waals surface area contributed by atoms with Gasteiger partial charge in [0.25, 0.3) is 0 Å². The molecule has 55 heavy (non-hydrogen) atoms. The first kappa shape index (κ1) is 178. The van der Waals surface area contributed by atoms with Crippen molar-refractivity contribution in [2.24, 2.45) is 53.3 Å². The third kappa shape index (κ3) is 162. The highest BCUT2D eigenvalue weighted by atomic mass is 14.2. The van der Waals surface area contributed by atoms with Gasteiger partial charge in [-0.2, -0.15) is 0 Å². The summed E-state index contributed by atoms with van der Waals surface area (Å²) in [5.74, 6) is 8.13. The summed E-state index contributed by atoms with van der Waals surface area (Å²) in [4.78, 5) is 0. The fourth-order valence-electron chi connectivity index (χ4n) is 5.26. The standard InChI is InChI=1S/3C11H24.22CH4/c3*1-6-10(4)8-11(5)7-9(2)3;;;;;;;;;;;;;;;;;;;;;;/h3*9-11H,6-8H2,1-5H3;22*1H4. The maximum atomic E-state index is 2.38. The largest absolute Gasteiger partial charge is 0.0776 e. The summed E-state index contributed by atoms with van der Waals surface area (Å²) in [6.45, 7) is 34.9. The van der Waals surface area contributed by atoms with Crippen molar-refractivity contribution < 1.29 is 0 Å². The Kier molecular flexibility index (Phi) is 379. The molecule has 380 valence electrons. The molecule has 0 fully saturated rings. The first-order valence-electron chi connectivity index (χ1n) is 15.2. The van der Waals surface area contributed by atoms with E-state index in [9.17, 15) is 0 Å². The molecule has 0 aromatic rings. The zero-order chi connectivity index (χ0) is 26.6. The summed E-state index contributed by atoms with van der Waals surface area (Å²) in [6, 6.07) is 0. The number of hydrogen-bond acceptors (Lipinski definition) is 0. The Morgan fingerprint density at radius 2 is 0.291 bits per heavy atom. The molecule has 0 aromatic heterocycles. The maximum Gasteiger partial charge on any atom is -0.0438 e. The quantitative estimate of drug-likeness (QED) is 0.154. The molecular weight excluding hydrogens is 661 g/mol. The third-order valence-corrected chi connectivity index (χ3v) is 7.13. The molecule has 0 aliphatic carbocycles. The molecule has 0 rings (SSSR count). The Hall–Kier alpha value is 0. The first-order chi connectivity index (χ1) is 15.2. The van der Waals surface area contributed by atoms with Crippen molar-refractivity contribution in [2.45, 2.75) is 325 Å². The highest BCUT2D eigenvalue weighted by Crippen LogP contribution is 2.22. The van der Waals surface area contributed by atoms with Gasteiger partial charge in [0, 0.05) is 0 Å². The Labute approximate surface area is 377 Å². The molecule has 0 bridgehead atoms. The Morgan fingerprint density at radius 1 is 0.182 bits per heavy atom. The molecule has 0 spiro atoms. The molecule has 0 heterocycles. The monoisotopic (exact) mass is 821 g/mol. The van der Waals surface area contributed by atoms with Crippen LogP contribution >= 0.6 is 0 Å². The molecule has 0 heteroatoms. The summed E-state index contributed by atoms with van der Waals surface area (Å²) in [6.07, 6.45) is 12.4. The lowest BCUT2D eigenvalue weighted by molar-refractivity contribution is 0.349. The normalized spacial score (nSPS) is 10.1. The van der Waals surface area contributed by atoms with Crippen LogP contribution in [0.25, 0.3) is 0 Å². The molecule has 0 saturated heterocycles. The van der Waals surface area contributed by atoms with Crippen LogP contribution < -0.4 is 0 Å². The Balaban J connectivity index is -0.00000000889. The van der Waals surface area contributed by atoms with Gasteiger partial charge in [0.15, 0.2) is 0 Å². The fourth-order valence-corrected chi connectivity index (χ4v) is 5.26. The Morgan fingerprint density at radius 3 is 0.364 bits per heavy atom. The van der Waals surface area contributed by atoms with E-state index in [2.05, 4.69) is 104 Å². The summed E-state index contributed by atoms with van der Waals surface area (Å²) in [5, 5.41) is 0. The van der Waals surface area contributed by atoms with Crippen molar-refractivity contribution in [3.05, 3.63) is 0 Å². The minimum Gasteiger partial charge on any atom is -0.0776 e. The highest BCUT2D eigenvalue weighted by molar-refractivity contribution is 4.61. The van der Waals surface area contributed by atoms with Crippen molar-refractivity contribution in [3.8, 4) is 0 Å². The lowest BCUT2D eigenvalue weighted by atomic mass is 9.89. The van der Waals surface area contributed by atoms with E-state index in [-0.39, 0.29) is 163 Å². The van der Waals surface area contributed by atoms with Gasteiger partial charge in [0.1, 0.15) is 0 Å². The molecular formula is C55H160. The van der Waals surface area contributed by atoms with Crippen LogP contribution in [0, 0.1) is 53.3 Å². The van der Waals surface area contributed by atoms with Crippen molar-refractivity contribution in [2.75, 3.05) is 0 Å². The van der Waals surface area contributed by atoms with Crippen LogP contribution in [-0.4, -0.2) is 0 Å². The lowest BCUT2D eigenvalue weighted by Crippen LogP contribution is -2.05. The molecule has 0 N–H and O–H groups in total. The molecule has 0 aliphatic rings. The topological polar surface area (TPSA) is 0 Å². The summed E-state index contributed by atoms with van der Waals surface area (Å²) in [5.41, 5.74) is 0. The zero-order valence-electron chi connectivity index (χ0n) is 26.6. The molecule has 6 atom stereocenters. The van der Waals surface area contributed by atoms with Crippen molar-refractivity contribution in [1.29, 1.82) is 0 Å². The van der Waals surface area contributed by atoms with Crippen LogP contribution in [0.1, 0.15) is 325 Å². The second-order valence-corrected chi connectivity index (χ2v) is 13.5. The van der Waals surface area contributed by atoms with Gasteiger partial charge >= 0.3 is 0 Å². The average molecular weight is 822 g/mol. The van der Waals surface area contributed by atoms with Crippen molar-refractivity contribution in [1.82, 2.24) is 0 Å². The van der Waals surface area contributed by atoms with Crippen molar-refractivity contribution >= 4 is 0 Å². The smallest absolute Gasteiger partial charge is 0.0438 e. The summed E-state index contributed by atoms with van der Waals surface area (Å²) in [7, 11) is 0. The van der Waals surface area contributed by atoms with E-state index in [1.165, 1.54) is 57.8 Å². The van der Waals surface area contributed by atoms with Gasteiger partial charge in [0.05, 0.1) is 0 Å². The van der Waals surface area contributed by atoms with Gasteiger partial charge in [0.2, 0.25) is 0 Å². The van der Waals surface area contributed by atoms with E-state index >= 15 is 0 Å². The fraction of sp³-hybridized carbons (Fsp3) is 1.00. The van der Waals surface area contributed by atoms with Crippen LogP contribution in [-0.2, 0) is 0 Å². The van der Waals surface area contributed by atoms with Crippen LogP contribution in [0.2, 0.25) is 0 Å². The van der Waals surface area contributed by atoms with E-state index in [0.717, 1.165) is 53.3 Å².